The highest BCUT2D eigenvalue weighted by Gasteiger charge is 2.19. The quantitative estimate of drug-likeness (QED) is 0.286. The first kappa shape index (κ1) is 20.2. The number of hydrogen-bond acceptors (Lipinski definition) is 1. The second-order valence-electron chi connectivity index (χ2n) is 7.14. The lowest BCUT2D eigenvalue weighted by Crippen LogP contribution is -2.04. The van der Waals surface area contributed by atoms with Gasteiger partial charge in [0.25, 0.3) is 0 Å². The van der Waals surface area contributed by atoms with E-state index in [-0.39, 0.29) is 0 Å². The summed E-state index contributed by atoms with van der Waals surface area (Å²) in [5.41, 5.74) is 7.49. The molecule has 0 spiro atoms. The third kappa shape index (κ3) is 4.28. The Morgan fingerprint density at radius 3 is 2.00 bits per heavy atom. The molecular weight excluding hydrogens is 467 g/mol. The summed E-state index contributed by atoms with van der Waals surface area (Å²) in [6.07, 6.45) is 0. The molecule has 0 aliphatic carbocycles. The summed E-state index contributed by atoms with van der Waals surface area (Å²) in [4.78, 5) is 0. The molecule has 5 heteroatoms. The number of benzene rings is 3. The molecule has 2 nitrogen and oxygen atoms in total. The molecule has 0 bridgehead atoms. The monoisotopic (exact) mass is 484 g/mol. The maximum Gasteiger partial charge on any atom is 0.107 e. The molecule has 0 saturated carbocycles. The minimum absolute atomic E-state index is 0.545. The fourth-order valence-corrected chi connectivity index (χ4v) is 4.46. The van der Waals surface area contributed by atoms with Gasteiger partial charge in [0.1, 0.15) is 5.69 Å². The molecule has 1 heterocycles. The van der Waals surface area contributed by atoms with Crippen LogP contribution >= 0.6 is 39.1 Å². The highest BCUT2D eigenvalue weighted by atomic mass is 79.9. The van der Waals surface area contributed by atoms with Crippen LogP contribution in [0.5, 0.6) is 0 Å². The molecule has 0 aliphatic heterocycles. The van der Waals surface area contributed by atoms with Gasteiger partial charge in [-0.25, -0.2) is 0 Å². The molecule has 1 aromatic heterocycles. The number of nitrogens with zero attached hydrogens (tertiary/aromatic N) is 2. The molecule has 4 rings (SSSR count). The summed E-state index contributed by atoms with van der Waals surface area (Å²) in [5.74, 6) is 0. The Labute approximate surface area is 189 Å². The smallest absolute Gasteiger partial charge is 0.107 e. The molecule has 146 valence electrons. The molecule has 0 N–H and O–H groups in total. The van der Waals surface area contributed by atoms with Crippen molar-refractivity contribution in [3.05, 3.63) is 97.9 Å². The van der Waals surface area contributed by atoms with Crippen molar-refractivity contribution in [2.45, 2.75) is 20.4 Å². The lowest BCUT2D eigenvalue weighted by molar-refractivity contribution is 0.697. The van der Waals surface area contributed by atoms with Crippen LogP contribution in [0.3, 0.4) is 0 Å². The molecule has 0 amide bonds. The van der Waals surface area contributed by atoms with E-state index in [9.17, 15) is 0 Å². The Bertz CT molecular complexity index is 1160. The van der Waals surface area contributed by atoms with E-state index in [1.54, 1.807) is 6.07 Å². The fraction of sp³-hybridized carbons (Fsp3) is 0.125. The van der Waals surface area contributed by atoms with Gasteiger partial charge in [0.05, 0.1) is 16.7 Å². The molecule has 0 fully saturated rings. The number of hydrogen-bond donors (Lipinski definition) is 0. The van der Waals surface area contributed by atoms with E-state index in [1.165, 1.54) is 11.1 Å². The maximum absolute atomic E-state index is 6.44. The SMILES string of the molecule is Cc1ccc(-c2nn(Cc3ccc(Cl)cc3Cl)c(-c3ccc(C)cc3)c2Br)cc1. The minimum Gasteiger partial charge on any atom is -0.259 e. The summed E-state index contributed by atoms with van der Waals surface area (Å²) in [7, 11) is 0. The maximum atomic E-state index is 6.44. The summed E-state index contributed by atoms with van der Waals surface area (Å²) in [6, 6.07) is 22.4. The Balaban J connectivity index is 1.86. The van der Waals surface area contributed by atoms with Gasteiger partial charge in [0.15, 0.2) is 0 Å². The number of aryl methyl sites for hydroxylation is 2. The molecule has 0 radical (unpaired) electrons. The highest BCUT2D eigenvalue weighted by molar-refractivity contribution is 9.10. The van der Waals surface area contributed by atoms with E-state index in [0.717, 1.165) is 32.6 Å². The molecule has 3 aromatic carbocycles. The van der Waals surface area contributed by atoms with E-state index in [0.29, 0.717) is 16.6 Å². The van der Waals surface area contributed by atoms with Gasteiger partial charge < -0.3 is 0 Å². The second-order valence-corrected chi connectivity index (χ2v) is 8.77. The number of halogens is 3. The van der Waals surface area contributed by atoms with Gasteiger partial charge in [-0.3, -0.25) is 4.68 Å². The summed E-state index contributed by atoms with van der Waals surface area (Å²) in [6.45, 7) is 4.71. The van der Waals surface area contributed by atoms with Gasteiger partial charge >= 0.3 is 0 Å². The summed E-state index contributed by atoms with van der Waals surface area (Å²) < 4.78 is 2.97. The third-order valence-electron chi connectivity index (χ3n) is 4.88. The standard InChI is InChI=1S/C24H19BrCl2N2/c1-15-3-7-17(8-4-15)23-22(25)24(18-9-5-16(2)6-10-18)29(28-23)14-19-11-12-20(26)13-21(19)27/h3-13H,14H2,1-2H3. The van der Waals surface area contributed by atoms with E-state index in [1.807, 2.05) is 16.8 Å². The molecule has 0 saturated heterocycles. The van der Waals surface area contributed by atoms with Gasteiger partial charge in [-0.1, -0.05) is 88.9 Å². The Hall–Kier alpha value is -2.07. The van der Waals surface area contributed by atoms with Gasteiger partial charge in [-0.2, -0.15) is 5.10 Å². The second kappa shape index (κ2) is 8.35. The van der Waals surface area contributed by atoms with E-state index in [2.05, 4.69) is 78.3 Å². The highest BCUT2D eigenvalue weighted by Crippen LogP contribution is 2.37. The first-order valence-electron chi connectivity index (χ1n) is 9.26. The topological polar surface area (TPSA) is 17.8 Å². The van der Waals surface area contributed by atoms with Crippen LogP contribution in [-0.2, 0) is 6.54 Å². The zero-order valence-corrected chi connectivity index (χ0v) is 19.2. The van der Waals surface area contributed by atoms with Crippen LogP contribution < -0.4 is 0 Å². The van der Waals surface area contributed by atoms with Crippen molar-refractivity contribution in [1.82, 2.24) is 9.78 Å². The van der Waals surface area contributed by atoms with Gasteiger partial charge in [0, 0.05) is 21.2 Å². The largest absolute Gasteiger partial charge is 0.259 e. The fourth-order valence-electron chi connectivity index (χ4n) is 3.25. The van der Waals surface area contributed by atoms with Crippen LogP contribution in [0.1, 0.15) is 16.7 Å². The number of aromatic nitrogens is 2. The van der Waals surface area contributed by atoms with Crippen LogP contribution in [0.2, 0.25) is 10.0 Å². The van der Waals surface area contributed by atoms with Crippen LogP contribution in [0.4, 0.5) is 0 Å². The first-order valence-corrected chi connectivity index (χ1v) is 10.8. The molecule has 4 aromatic rings. The average Bonchev–Trinajstić information content (AvgIpc) is 3.01. The van der Waals surface area contributed by atoms with Gasteiger partial charge in [0.2, 0.25) is 0 Å². The van der Waals surface area contributed by atoms with E-state index in [4.69, 9.17) is 28.3 Å². The minimum atomic E-state index is 0.545. The average molecular weight is 486 g/mol. The van der Waals surface area contributed by atoms with Crippen LogP contribution in [-0.4, -0.2) is 9.78 Å². The Morgan fingerprint density at radius 1 is 0.828 bits per heavy atom. The van der Waals surface area contributed by atoms with Crippen molar-refractivity contribution < 1.29 is 0 Å². The summed E-state index contributed by atoms with van der Waals surface area (Å²) in [5, 5.41) is 6.21. The van der Waals surface area contributed by atoms with Crippen molar-refractivity contribution in [3.63, 3.8) is 0 Å². The van der Waals surface area contributed by atoms with Crippen LogP contribution in [0, 0.1) is 13.8 Å². The van der Waals surface area contributed by atoms with Crippen molar-refractivity contribution >= 4 is 39.1 Å². The lowest BCUT2D eigenvalue weighted by atomic mass is 10.1. The van der Waals surface area contributed by atoms with Crippen LogP contribution in [0.25, 0.3) is 22.5 Å². The lowest BCUT2D eigenvalue weighted by Gasteiger charge is -2.10. The molecular formula is C24H19BrCl2N2. The van der Waals surface area contributed by atoms with Crippen molar-refractivity contribution in [2.75, 3.05) is 0 Å². The first-order chi connectivity index (χ1) is 13.9. The van der Waals surface area contributed by atoms with Gasteiger partial charge in [-0.15, -0.1) is 0 Å². The van der Waals surface area contributed by atoms with Crippen molar-refractivity contribution in [2.24, 2.45) is 0 Å². The Morgan fingerprint density at radius 2 is 1.41 bits per heavy atom. The molecule has 0 unspecified atom stereocenters. The van der Waals surface area contributed by atoms with Gasteiger partial charge in [-0.05, 0) is 47.5 Å². The summed E-state index contributed by atoms with van der Waals surface area (Å²) >= 11 is 16.3. The van der Waals surface area contributed by atoms with Crippen LogP contribution in [0.15, 0.2) is 71.2 Å². The molecule has 0 atom stereocenters. The van der Waals surface area contributed by atoms with Crippen molar-refractivity contribution in [3.8, 4) is 22.5 Å². The predicted octanol–water partition coefficient (Wildman–Crippen LogP) is 7.95. The zero-order chi connectivity index (χ0) is 20.5. The zero-order valence-electron chi connectivity index (χ0n) is 16.1. The van der Waals surface area contributed by atoms with E-state index >= 15 is 0 Å². The Kier molecular flexibility index (Phi) is 5.82. The predicted molar refractivity (Wildman–Crippen MR) is 126 cm³/mol. The third-order valence-corrected chi connectivity index (χ3v) is 6.22. The normalized spacial score (nSPS) is 11.1. The van der Waals surface area contributed by atoms with Crippen molar-refractivity contribution in [1.29, 1.82) is 0 Å². The van der Waals surface area contributed by atoms with E-state index < -0.39 is 0 Å². The number of rotatable bonds is 4. The molecule has 0 aliphatic rings. The molecule has 29 heavy (non-hydrogen) atoms.